The van der Waals surface area contributed by atoms with Crippen LogP contribution in [-0.2, 0) is 27.8 Å². The fourth-order valence-electron chi connectivity index (χ4n) is 2.17. The first kappa shape index (κ1) is 20.9. The lowest BCUT2D eigenvalue weighted by atomic mass is 10.1. The molecule has 0 atom stereocenters. The molecule has 0 aliphatic carbocycles. The van der Waals surface area contributed by atoms with Gasteiger partial charge in [-0.05, 0) is 52.2 Å². The predicted octanol–water partition coefficient (Wildman–Crippen LogP) is 3.02. The minimum Gasteiger partial charge on any atom is -0.496 e. The third-order valence-corrected chi connectivity index (χ3v) is 7.68. The van der Waals surface area contributed by atoms with Gasteiger partial charge in [-0.15, -0.1) is 11.3 Å². The normalized spacial score (nSPS) is 11.6. The van der Waals surface area contributed by atoms with Gasteiger partial charge in [-0.1, -0.05) is 6.07 Å². The van der Waals surface area contributed by atoms with E-state index in [-0.39, 0.29) is 10.1 Å². The van der Waals surface area contributed by atoms with E-state index in [0.29, 0.717) is 19.4 Å². The number of thiophene rings is 1. The van der Waals surface area contributed by atoms with Gasteiger partial charge in [-0.2, -0.15) is 0 Å². The number of amides is 1. The van der Waals surface area contributed by atoms with E-state index in [4.69, 9.17) is 4.74 Å². The van der Waals surface area contributed by atoms with Gasteiger partial charge in [0.15, 0.2) is 0 Å². The van der Waals surface area contributed by atoms with E-state index in [9.17, 15) is 13.2 Å². The molecule has 2 aromatic rings. The molecule has 1 aromatic heterocycles. The minimum absolute atomic E-state index is 0.0812. The van der Waals surface area contributed by atoms with Crippen molar-refractivity contribution in [1.82, 2.24) is 9.62 Å². The standard InChI is InChI=1S/C17H21BrN2O4S2/c1-20(2)26(22,23)17-9-6-13(25-17)11-19-16(21)8-5-12-4-7-15(24-3)14(18)10-12/h4,6-7,9-10H,5,8,11H2,1-3H3,(H,19,21). The maximum atomic E-state index is 12.1. The van der Waals surface area contributed by atoms with E-state index >= 15 is 0 Å². The number of methoxy groups -OCH3 is 1. The second-order valence-electron chi connectivity index (χ2n) is 5.75. The second kappa shape index (κ2) is 8.98. The maximum Gasteiger partial charge on any atom is 0.252 e. The fourth-order valence-corrected chi connectivity index (χ4v) is 5.22. The molecule has 2 rings (SSSR count). The molecular weight excluding hydrogens is 440 g/mol. The molecule has 0 spiro atoms. The largest absolute Gasteiger partial charge is 0.496 e. The average molecular weight is 461 g/mol. The van der Waals surface area contributed by atoms with Crippen LogP contribution in [0.2, 0.25) is 0 Å². The van der Waals surface area contributed by atoms with Crippen LogP contribution < -0.4 is 10.1 Å². The number of ether oxygens (including phenoxy) is 1. The molecule has 26 heavy (non-hydrogen) atoms. The molecule has 0 fully saturated rings. The summed E-state index contributed by atoms with van der Waals surface area (Å²) in [6.45, 7) is 0.318. The van der Waals surface area contributed by atoms with Crippen LogP contribution in [0.15, 0.2) is 39.0 Å². The van der Waals surface area contributed by atoms with Gasteiger partial charge in [-0.25, -0.2) is 12.7 Å². The summed E-state index contributed by atoms with van der Waals surface area (Å²) in [5.41, 5.74) is 1.03. The molecule has 0 aliphatic rings. The first-order valence-corrected chi connectivity index (χ1v) is 10.9. The molecule has 1 heterocycles. The number of carbonyl (C=O) groups is 1. The fraction of sp³-hybridized carbons (Fsp3) is 0.353. The lowest BCUT2D eigenvalue weighted by Crippen LogP contribution is -2.22. The number of carbonyl (C=O) groups excluding carboxylic acids is 1. The summed E-state index contributed by atoms with van der Waals surface area (Å²) in [4.78, 5) is 12.8. The lowest BCUT2D eigenvalue weighted by molar-refractivity contribution is -0.121. The van der Waals surface area contributed by atoms with Crippen LogP contribution in [0.5, 0.6) is 5.75 Å². The highest BCUT2D eigenvalue weighted by atomic mass is 79.9. The summed E-state index contributed by atoms with van der Waals surface area (Å²) in [6.07, 6.45) is 0.964. The van der Waals surface area contributed by atoms with Gasteiger partial charge >= 0.3 is 0 Å². The van der Waals surface area contributed by atoms with Gasteiger partial charge in [0.1, 0.15) is 9.96 Å². The zero-order chi connectivity index (χ0) is 19.3. The Hall–Kier alpha value is -1.42. The number of halogens is 1. The Labute approximate surface area is 166 Å². The Morgan fingerprint density at radius 1 is 1.27 bits per heavy atom. The van der Waals surface area contributed by atoms with Gasteiger partial charge in [0.25, 0.3) is 10.0 Å². The average Bonchev–Trinajstić information content (AvgIpc) is 3.08. The summed E-state index contributed by atoms with van der Waals surface area (Å²) in [5.74, 6) is 0.668. The van der Waals surface area contributed by atoms with Crippen molar-refractivity contribution < 1.29 is 17.9 Å². The third kappa shape index (κ3) is 5.29. The highest BCUT2D eigenvalue weighted by Gasteiger charge is 2.19. The number of hydrogen-bond donors (Lipinski definition) is 1. The van der Waals surface area contributed by atoms with Crippen molar-refractivity contribution in [2.75, 3.05) is 21.2 Å². The van der Waals surface area contributed by atoms with Gasteiger partial charge in [0.2, 0.25) is 5.91 Å². The molecule has 142 valence electrons. The Morgan fingerprint density at radius 2 is 2.00 bits per heavy atom. The van der Waals surface area contributed by atoms with Crippen molar-refractivity contribution in [1.29, 1.82) is 0 Å². The van der Waals surface area contributed by atoms with Crippen molar-refractivity contribution in [2.45, 2.75) is 23.6 Å². The highest BCUT2D eigenvalue weighted by Crippen LogP contribution is 2.26. The first-order valence-electron chi connectivity index (χ1n) is 7.84. The molecule has 9 heteroatoms. The van der Waals surface area contributed by atoms with Crippen molar-refractivity contribution in [3.8, 4) is 5.75 Å². The summed E-state index contributed by atoms with van der Waals surface area (Å²) < 4.78 is 31.6. The summed E-state index contributed by atoms with van der Waals surface area (Å²) in [6, 6.07) is 9.01. The molecule has 1 N–H and O–H groups in total. The summed E-state index contributed by atoms with van der Waals surface area (Å²) in [7, 11) is 1.17. The molecule has 1 amide bonds. The SMILES string of the molecule is COc1ccc(CCC(=O)NCc2ccc(S(=O)(=O)N(C)C)s2)cc1Br. The Morgan fingerprint density at radius 3 is 2.62 bits per heavy atom. The zero-order valence-electron chi connectivity index (χ0n) is 14.8. The number of hydrogen-bond acceptors (Lipinski definition) is 5. The zero-order valence-corrected chi connectivity index (χ0v) is 18.0. The first-order chi connectivity index (χ1) is 12.2. The second-order valence-corrected chi connectivity index (χ2v) is 10.2. The van der Waals surface area contributed by atoms with E-state index in [1.54, 1.807) is 19.2 Å². The smallest absolute Gasteiger partial charge is 0.252 e. The Bertz CT molecular complexity index is 879. The maximum absolute atomic E-state index is 12.1. The number of nitrogens with one attached hydrogen (secondary N) is 1. The van der Waals surface area contributed by atoms with E-state index < -0.39 is 10.0 Å². The van der Waals surface area contributed by atoms with E-state index in [1.165, 1.54) is 29.7 Å². The van der Waals surface area contributed by atoms with Crippen LogP contribution >= 0.6 is 27.3 Å². The number of aryl methyl sites for hydroxylation is 1. The van der Waals surface area contributed by atoms with Crippen molar-refractivity contribution in [2.24, 2.45) is 0 Å². The topological polar surface area (TPSA) is 75.7 Å². The number of rotatable bonds is 8. The van der Waals surface area contributed by atoms with Crippen molar-refractivity contribution >= 4 is 43.2 Å². The van der Waals surface area contributed by atoms with E-state index in [1.807, 2.05) is 18.2 Å². The lowest BCUT2D eigenvalue weighted by Gasteiger charge is -2.08. The summed E-state index contributed by atoms with van der Waals surface area (Å²) in [5, 5.41) is 2.83. The molecule has 6 nitrogen and oxygen atoms in total. The molecule has 0 aliphatic heterocycles. The highest BCUT2D eigenvalue weighted by molar-refractivity contribution is 9.10. The predicted molar refractivity (Wildman–Crippen MR) is 106 cm³/mol. The summed E-state index contributed by atoms with van der Waals surface area (Å²) >= 11 is 4.59. The molecule has 0 saturated heterocycles. The monoisotopic (exact) mass is 460 g/mol. The quantitative estimate of drug-likeness (QED) is 0.656. The third-order valence-electron chi connectivity index (χ3n) is 3.69. The number of nitrogens with zero attached hydrogens (tertiary/aromatic N) is 1. The molecule has 0 bridgehead atoms. The van der Waals surface area contributed by atoms with Crippen LogP contribution in [0.3, 0.4) is 0 Å². The Kier molecular flexibility index (Phi) is 7.22. The van der Waals surface area contributed by atoms with Gasteiger partial charge in [-0.3, -0.25) is 4.79 Å². The Balaban J connectivity index is 1.86. The van der Waals surface area contributed by atoms with E-state index in [0.717, 1.165) is 20.7 Å². The number of benzene rings is 1. The minimum atomic E-state index is -3.43. The molecular formula is C17H21BrN2O4S2. The van der Waals surface area contributed by atoms with Crippen LogP contribution in [0, 0.1) is 0 Å². The number of sulfonamides is 1. The van der Waals surface area contributed by atoms with Crippen molar-refractivity contribution in [3.05, 3.63) is 45.2 Å². The van der Waals surface area contributed by atoms with Gasteiger partial charge in [0.05, 0.1) is 18.1 Å². The molecule has 1 aromatic carbocycles. The molecule has 0 unspecified atom stereocenters. The van der Waals surface area contributed by atoms with Crippen LogP contribution in [-0.4, -0.2) is 39.8 Å². The van der Waals surface area contributed by atoms with Gasteiger partial charge in [0, 0.05) is 25.4 Å². The van der Waals surface area contributed by atoms with Crippen LogP contribution in [0.25, 0.3) is 0 Å². The molecule has 0 saturated carbocycles. The molecule has 0 radical (unpaired) electrons. The van der Waals surface area contributed by atoms with Crippen LogP contribution in [0.1, 0.15) is 16.9 Å². The van der Waals surface area contributed by atoms with Crippen molar-refractivity contribution in [3.63, 3.8) is 0 Å². The van der Waals surface area contributed by atoms with Gasteiger partial charge < -0.3 is 10.1 Å². The van der Waals surface area contributed by atoms with Crippen LogP contribution in [0.4, 0.5) is 0 Å². The van der Waals surface area contributed by atoms with E-state index in [2.05, 4.69) is 21.2 Å².